The van der Waals surface area contributed by atoms with E-state index in [1.54, 1.807) is 24.3 Å². The zero-order chi connectivity index (χ0) is 16.7. The van der Waals surface area contributed by atoms with E-state index in [1.807, 2.05) is 13.8 Å². The van der Waals surface area contributed by atoms with Crippen LogP contribution in [0.2, 0.25) is 0 Å². The lowest BCUT2D eigenvalue weighted by Gasteiger charge is -2.11. The number of nitrogens with one attached hydrogen (secondary N) is 2. The summed E-state index contributed by atoms with van der Waals surface area (Å²) >= 11 is 0. The lowest BCUT2D eigenvalue weighted by molar-refractivity contribution is -0.126. The van der Waals surface area contributed by atoms with Crippen molar-refractivity contribution in [3.63, 3.8) is 0 Å². The number of primary amides is 1. The lowest BCUT2D eigenvalue weighted by Crippen LogP contribution is -2.42. The van der Waals surface area contributed by atoms with Crippen LogP contribution in [0.1, 0.15) is 25.8 Å². The van der Waals surface area contributed by atoms with E-state index in [4.69, 9.17) is 11.5 Å². The number of hydrogen-bond acceptors (Lipinski definition) is 4. The molecular formula is C15H22N4O3. The third-order valence-electron chi connectivity index (χ3n) is 2.97. The van der Waals surface area contributed by atoms with Gasteiger partial charge in [0.1, 0.15) is 0 Å². The standard InChI is InChI=1S/C15H22N4O3/c1-9(2)14(21)19-11-5-3-10(4-6-11)8-18-15(22)12(16)7-13(17)20/h3-6,9,12H,7-8,16H2,1-2H3,(H2,17,20)(H,18,22)(H,19,21). The monoisotopic (exact) mass is 306 g/mol. The number of benzene rings is 1. The van der Waals surface area contributed by atoms with Crippen LogP contribution in [0.3, 0.4) is 0 Å². The van der Waals surface area contributed by atoms with Gasteiger partial charge in [0.2, 0.25) is 17.7 Å². The number of carbonyl (C=O) groups is 3. The predicted molar refractivity (Wildman–Crippen MR) is 83.5 cm³/mol. The molecule has 120 valence electrons. The molecule has 0 aliphatic carbocycles. The van der Waals surface area contributed by atoms with Crippen molar-refractivity contribution in [3.8, 4) is 0 Å². The molecule has 0 spiro atoms. The molecular weight excluding hydrogens is 284 g/mol. The van der Waals surface area contributed by atoms with Crippen molar-refractivity contribution in [3.05, 3.63) is 29.8 Å². The van der Waals surface area contributed by atoms with Crippen molar-refractivity contribution >= 4 is 23.4 Å². The van der Waals surface area contributed by atoms with Crippen LogP contribution in [-0.2, 0) is 20.9 Å². The highest BCUT2D eigenvalue weighted by Gasteiger charge is 2.15. The molecule has 1 aromatic carbocycles. The number of carbonyl (C=O) groups excluding carboxylic acids is 3. The molecule has 7 heteroatoms. The summed E-state index contributed by atoms with van der Waals surface area (Å²) in [6.45, 7) is 3.91. The minimum Gasteiger partial charge on any atom is -0.370 e. The summed E-state index contributed by atoms with van der Waals surface area (Å²) in [5.41, 5.74) is 12.1. The van der Waals surface area contributed by atoms with Gasteiger partial charge in [0, 0.05) is 18.2 Å². The molecule has 0 fully saturated rings. The Bertz CT molecular complexity index is 540. The van der Waals surface area contributed by atoms with Gasteiger partial charge < -0.3 is 22.1 Å². The van der Waals surface area contributed by atoms with Gasteiger partial charge in [0.25, 0.3) is 0 Å². The zero-order valence-corrected chi connectivity index (χ0v) is 12.8. The van der Waals surface area contributed by atoms with Crippen LogP contribution in [-0.4, -0.2) is 23.8 Å². The summed E-state index contributed by atoms with van der Waals surface area (Å²) in [4.78, 5) is 33.9. The fourth-order valence-corrected chi connectivity index (χ4v) is 1.62. The molecule has 1 aromatic rings. The molecule has 0 heterocycles. The van der Waals surface area contributed by atoms with Gasteiger partial charge in [-0.25, -0.2) is 0 Å². The maximum Gasteiger partial charge on any atom is 0.237 e. The van der Waals surface area contributed by atoms with Gasteiger partial charge >= 0.3 is 0 Å². The molecule has 0 saturated heterocycles. The van der Waals surface area contributed by atoms with Crippen LogP contribution in [0, 0.1) is 5.92 Å². The van der Waals surface area contributed by atoms with E-state index in [0.29, 0.717) is 5.69 Å². The van der Waals surface area contributed by atoms with Crippen LogP contribution in [0.25, 0.3) is 0 Å². The fourth-order valence-electron chi connectivity index (χ4n) is 1.62. The van der Waals surface area contributed by atoms with Crippen LogP contribution in [0.5, 0.6) is 0 Å². The number of amides is 3. The van der Waals surface area contributed by atoms with E-state index in [1.165, 1.54) is 0 Å². The Morgan fingerprint density at radius 2 is 1.68 bits per heavy atom. The molecule has 3 amide bonds. The summed E-state index contributed by atoms with van der Waals surface area (Å²) in [6, 6.07) is 6.14. The second-order valence-electron chi connectivity index (χ2n) is 5.34. The summed E-state index contributed by atoms with van der Waals surface area (Å²) < 4.78 is 0. The number of hydrogen-bond donors (Lipinski definition) is 4. The summed E-state index contributed by atoms with van der Waals surface area (Å²) in [6.07, 6.45) is -0.188. The Morgan fingerprint density at radius 1 is 1.09 bits per heavy atom. The molecule has 1 unspecified atom stereocenters. The zero-order valence-electron chi connectivity index (χ0n) is 12.8. The number of rotatable bonds is 7. The minimum atomic E-state index is -0.942. The molecule has 6 N–H and O–H groups in total. The Hall–Kier alpha value is -2.41. The van der Waals surface area contributed by atoms with Gasteiger partial charge in [0.15, 0.2) is 0 Å². The van der Waals surface area contributed by atoms with Gasteiger partial charge in [-0.15, -0.1) is 0 Å². The van der Waals surface area contributed by atoms with Crippen molar-refractivity contribution in [2.45, 2.75) is 32.9 Å². The van der Waals surface area contributed by atoms with E-state index in [-0.39, 0.29) is 24.8 Å². The molecule has 0 radical (unpaired) electrons. The van der Waals surface area contributed by atoms with Gasteiger partial charge in [-0.3, -0.25) is 14.4 Å². The lowest BCUT2D eigenvalue weighted by atomic mass is 10.1. The topological polar surface area (TPSA) is 127 Å². The van der Waals surface area contributed by atoms with Crippen LogP contribution in [0.15, 0.2) is 24.3 Å². The summed E-state index contributed by atoms with van der Waals surface area (Å²) in [5.74, 6) is -1.20. The normalized spacial score (nSPS) is 11.8. The first-order valence-electron chi connectivity index (χ1n) is 7.01. The highest BCUT2D eigenvalue weighted by molar-refractivity contribution is 5.92. The molecule has 0 aliphatic heterocycles. The van der Waals surface area contributed by atoms with E-state index >= 15 is 0 Å². The van der Waals surface area contributed by atoms with E-state index < -0.39 is 17.9 Å². The van der Waals surface area contributed by atoms with Crippen LogP contribution < -0.4 is 22.1 Å². The summed E-state index contributed by atoms with van der Waals surface area (Å²) in [5, 5.41) is 5.40. The Kier molecular flexibility index (Phi) is 6.52. The molecule has 1 rings (SSSR count). The molecule has 7 nitrogen and oxygen atoms in total. The predicted octanol–water partition coefficient (Wildman–Crippen LogP) is 0.100. The van der Waals surface area contributed by atoms with E-state index in [9.17, 15) is 14.4 Å². The molecule has 0 saturated carbocycles. The Balaban J connectivity index is 2.49. The van der Waals surface area contributed by atoms with Crippen LogP contribution >= 0.6 is 0 Å². The average molecular weight is 306 g/mol. The summed E-state index contributed by atoms with van der Waals surface area (Å²) in [7, 11) is 0. The second-order valence-corrected chi connectivity index (χ2v) is 5.34. The van der Waals surface area contributed by atoms with Crippen molar-refractivity contribution in [1.82, 2.24) is 5.32 Å². The molecule has 0 aromatic heterocycles. The van der Waals surface area contributed by atoms with Gasteiger partial charge in [0.05, 0.1) is 12.5 Å². The largest absolute Gasteiger partial charge is 0.370 e. The second kappa shape index (κ2) is 8.14. The SMILES string of the molecule is CC(C)C(=O)Nc1ccc(CNC(=O)C(N)CC(N)=O)cc1. The number of nitrogens with two attached hydrogens (primary N) is 2. The molecule has 1 atom stereocenters. The fraction of sp³-hybridized carbons (Fsp3) is 0.400. The number of anilines is 1. The van der Waals surface area contributed by atoms with E-state index in [0.717, 1.165) is 5.56 Å². The van der Waals surface area contributed by atoms with Crippen molar-refractivity contribution in [2.75, 3.05) is 5.32 Å². The highest BCUT2D eigenvalue weighted by atomic mass is 16.2. The molecule has 0 aliphatic rings. The first kappa shape index (κ1) is 17.6. The van der Waals surface area contributed by atoms with Gasteiger partial charge in [-0.05, 0) is 17.7 Å². The quantitative estimate of drug-likeness (QED) is 0.569. The third kappa shape index (κ3) is 5.92. The minimum absolute atomic E-state index is 0.0570. The van der Waals surface area contributed by atoms with E-state index in [2.05, 4.69) is 10.6 Å². The average Bonchev–Trinajstić information content (AvgIpc) is 2.45. The first-order valence-corrected chi connectivity index (χ1v) is 7.01. The maximum atomic E-state index is 11.6. The first-order chi connectivity index (χ1) is 10.3. The van der Waals surface area contributed by atoms with Crippen molar-refractivity contribution < 1.29 is 14.4 Å². The Morgan fingerprint density at radius 3 is 2.18 bits per heavy atom. The maximum absolute atomic E-state index is 11.6. The van der Waals surface area contributed by atoms with Gasteiger partial charge in [-0.2, -0.15) is 0 Å². The highest BCUT2D eigenvalue weighted by Crippen LogP contribution is 2.11. The van der Waals surface area contributed by atoms with Gasteiger partial charge in [-0.1, -0.05) is 26.0 Å². The third-order valence-corrected chi connectivity index (χ3v) is 2.97. The van der Waals surface area contributed by atoms with Crippen LogP contribution in [0.4, 0.5) is 5.69 Å². The molecule has 22 heavy (non-hydrogen) atoms. The van der Waals surface area contributed by atoms with Crippen molar-refractivity contribution in [1.29, 1.82) is 0 Å². The Labute approximate surface area is 129 Å². The smallest absolute Gasteiger partial charge is 0.237 e. The van der Waals surface area contributed by atoms with Crippen molar-refractivity contribution in [2.24, 2.45) is 17.4 Å². The molecule has 0 bridgehead atoms.